The van der Waals surface area contributed by atoms with E-state index in [0.29, 0.717) is 18.8 Å². The van der Waals surface area contributed by atoms with Gasteiger partial charge in [-0.05, 0) is 30.5 Å². The molecule has 1 aromatic rings. The maximum atomic E-state index is 12.6. The van der Waals surface area contributed by atoms with E-state index in [1.54, 1.807) is 16.8 Å². The van der Waals surface area contributed by atoms with Crippen molar-refractivity contribution in [2.45, 2.75) is 32.4 Å². The van der Waals surface area contributed by atoms with Crippen molar-refractivity contribution in [3.8, 4) is 11.5 Å². The average molecular weight is 304 g/mol. The SMILES string of the molecule is CC(=O)N1CCCC1C(=O)N(C)Cc1ccc2c(c1)OCO2. The van der Waals surface area contributed by atoms with Gasteiger partial charge >= 0.3 is 0 Å². The molecule has 1 saturated heterocycles. The molecule has 0 aromatic heterocycles. The van der Waals surface area contributed by atoms with Gasteiger partial charge in [-0.1, -0.05) is 6.07 Å². The molecule has 1 aromatic carbocycles. The van der Waals surface area contributed by atoms with Crippen molar-refractivity contribution in [1.29, 1.82) is 0 Å². The van der Waals surface area contributed by atoms with Crippen LogP contribution < -0.4 is 9.47 Å². The number of likely N-dealkylation sites (tertiary alicyclic amines) is 1. The monoisotopic (exact) mass is 304 g/mol. The number of likely N-dealkylation sites (N-methyl/N-ethyl adjacent to an activating group) is 1. The predicted molar refractivity (Wildman–Crippen MR) is 79.4 cm³/mol. The van der Waals surface area contributed by atoms with Crippen LogP contribution in [0, 0.1) is 0 Å². The van der Waals surface area contributed by atoms with Gasteiger partial charge in [0.2, 0.25) is 18.6 Å². The molecule has 1 unspecified atom stereocenters. The van der Waals surface area contributed by atoms with Crippen molar-refractivity contribution in [3.05, 3.63) is 23.8 Å². The molecule has 2 aliphatic heterocycles. The van der Waals surface area contributed by atoms with Crippen molar-refractivity contribution in [1.82, 2.24) is 9.80 Å². The second kappa shape index (κ2) is 5.87. The molecule has 6 nitrogen and oxygen atoms in total. The first-order chi connectivity index (χ1) is 10.6. The van der Waals surface area contributed by atoms with Gasteiger partial charge in [0.25, 0.3) is 0 Å². The Balaban J connectivity index is 1.67. The number of benzene rings is 1. The van der Waals surface area contributed by atoms with Gasteiger partial charge < -0.3 is 19.3 Å². The van der Waals surface area contributed by atoms with Gasteiger partial charge in [-0.25, -0.2) is 0 Å². The van der Waals surface area contributed by atoms with Crippen LogP contribution in [0.1, 0.15) is 25.3 Å². The minimum atomic E-state index is -0.323. The normalized spacial score (nSPS) is 19.4. The number of carbonyl (C=O) groups excluding carboxylic acids is 2. The molecular weight excluding hydrogens is 284 g/mol. The number of fused-ring (bicyclic) bond motifs is 1. The van der Waals surface area contributed by atoms with E-state index in [4.69, 9.17) is 9.47 Å². The fourth-order valence-corrected chi connectivity index (χ4v) is 3.05. The van der Waals surface area contributed by atoms with Crippen LogP contribution in [0.5, 0.6) is 11.5 Å². The summed E-state index contributed by atoms with van der Waals surface area (Å²) in [5.41, 5.74) is 0.979. The summed E-state index contributed by atoms with van der Waals surface area (Å²) >= 11 is 0. The Hall–Kier alpha value is -2.24. The third kappa shape index (κ3) is 2.73. The first-order valence-electron chi connectivity index (χ1n) is 7.47. The summed E-state index contributed by atoms with van der Waals surface area (Å²) in [6.45, 7) is 2.91. The summed E-state index contributed by atoms with van der Waals surface area (Å²) in [7, 11) is 1.77. The molecule has 6 heteroatoms. The van der Waals surface area contributed by atoms with E-state index in [9.17, 15) is 9.59 Å². The predicted octanol–water partition coefficient (Wildman–Crippen LogP) is 1.38. The van der Waals surface area contributed by atoms with E-state index in [-0.39, 0.29) is 24.6 Å². The third-order valence-corrected chi connectivity index (χ3v) is 4.18. The molecule has 22 heavy (non-hydrogen) atoms. The van der Waals surface area contributed by atoms with Crippen LogP contribution in [0.4, 0.5) is 0 Å². The molecule has 118 valence electrons. The summed E-state index contributed by atoms with van der Waals surface area (Å²) in [6, 6.07) is 5.35. The first-order valence-corrected chi connectivity index (χ1v) is 7.47. The molecule has 0 saturated carbocycles. The molecule has 2 heterocycles. The average Bonchev–Trinajstić information content (AvgIpc) is 3.14. The molecule has 1 fully saturated rings. The molecule has 0 bridgehead atoms. The third-order valence-electron chi connectivity index (χ3n) is 4.18. The van der Waals surface area contributed by atoms with Gasteiger partial charge in [-0.3, -0.25) is 9.59 Å². The van der Waals surface area contributed by atoms with E-state index in [1.165, 1.54) is 6.92 Å². The lowest BCUT2D eigenvalue weighted by Gasteiger charge is -2.27. The minimum Gasteiger partial charge on any atom is -0.454 e. The van der Waals surface area contributed by atoms with Crippen LogP contribution in [0.25, 0.3) is 0 Å². The number of hydrogen-bond acceptors (Lipinski definition) is 4. The topological polar surface area (TPSA) is 59.1 Å². The lowest BCUT2D eigenvalue weighted by atomic mass is 10.1. The highest BCUT2D eigenvalue weighted by molar-refractivity contribution is 5.87. The Morgan fingerprint density at radius 1 is 1.32 bits per heavy atom. The van der Waals surface area contributed by atoms with Gasteiger partial charge in [0.05, 0.1) is 0 Å². The van der Waals surface area contributed by atoms with Crippen LogP contribution in [-0.4, -0.2) is 48.0 Å². The second-order valence-electron chi connectivity index (χ2n) is 5.75. The smallest absolute Gasteiger partial charge is 0.245 e. The van der Waals surface area contributed by atoms with Gasteiger partial charge in [0.1, 0.15) is 6.04 Å². The van der Waals surface area contributed by atoms with Crippen LogP contribution in [0.15, 0.2) is 18.2 Å². The maximum Gasteiger partial charge on any atom is 0.245 e. The molecule has 3 rings (SSSR count). The van der Waals surface area contributed by atoms with Gasteiger partial charge in [0.15, 0.2) is 11.5 Å². The van der Waals surface area contributed by atoms with Crippen molar-refractivity contribution >= 4 is 11.8 Å². The molecule has 0 N–H and O–H groups in total. The zero-order valence-electron chi connectivity index (χ0n) is 12.9. The number of amides is 2. The molecule has 0 radical (unpaired) electrons. The fraction of sp³-hybridized carbons (Fsp3) is 0.500. The lowest BCUT2D eigenvalue weighted by Crippen LogP contribution is -2.45. The molecule has 0 aliphatic carbocycles. The Morgan fingerprint density at radius 2 is 2.09 bits per heavy atom. The molecule has 2 aliphatic rings. The summed E-state index contributed by atoms with van der Waals surface area (Å²) < 4.78 is 10.6. The summed E-state index contributed by atoms with van der Waals surface area (Å²) in [5.74, 6) is 1.40. The van der Waals surface area contributed by atoms with E-state index >= 15 is 0 Å². The van der Waals surface area contributed by atoms with Crippen molar-refractivity contribution in [2.75, 3.05) is 20.4 Å². The maximum absolute atomic E-state index is 12.6. The summed E-state index contributed by atoms with van der Waals surface area (Å²) in [6.07, 6.45) is 1.62. The highest BCUT2D eigenvalue weighted by Crippen LogP contribution is 2.32. The fourth-order valence-electron chi connectivity index (χ4n) is 3.05. The van der Waals surface area contributed by atoms with Gasteiger partial charge in [0, 0.05) is 27.1 Å². The number of carbonyl (C=O) groups is 2. The Morgan fingerprint density at radius 3 is 2.86 bits per heavy atom. The highest BCUT2D eigenvalue weighted by Gasteiger charge is 2.34. The van der Waals surface area contributed by atoms with Crippen LogP contribution in [0.3, 0.4) is 0 Å². The Labute approximate surface area is 129 Å². The van der Waals surface area contributed by atoms with E-state index in [2.05, 4.69) is 0 Å². The first kappa shape index (κ1) is 14.7. The zero-order chi connectivity index (χ0) is 15.7. The number of rotatable bonds is 3. The Bertz CT molecular complexity index is 602. The van der Waals surface area contributed by atoms with E-state index in [0.717, 1.165) is 24.2 Å². The van der Waals surface area contributed by atoms with Crippen molar-refractivity contribution in [2.24, 2.45) is 0 Å². The van der Waals surface area contributed by atoms with E-state index < -0.39 is 0 Å². The molecule has 1 atom stereocenters. The molecule has 0 spiro atoms. The number of nitrogens with zero attached hydrogens (tertiary/aromatic N) is 2. The van der Waals surface area contributed by atoms with Gasteiger partial charge in [-0.15, -0.1) is 0 Å². The van der Waals surface area contributed by atoms with Crippen molar-refractivity contribution in [3.63, 3.8) is 0 Å². The number of hydrogen-bond donors (Lipinski definition) is 0. The zero-order valence-corrected chi connectivity index (χ0v) is 12.9. The summed E-state index contributed by atoms with van der Waals surface area (Å²) in [5, 5.41) is 0. The quantitative estimate of drug-likeness (QED) is 0.846. The largest absolute Gasteiger partial charge is 0.454 e. The highest BCUT2D eigenvalue weighted by atomic mass is 16.7. The molecule has 2 amide bonds. The number of ether oxygens (including phenoxy) is 2. The van der Waals surface area contributed by atoms with Crippen LogP contribution in [-0.2, 0) is 16.1 Å². The second-order valence-corrected chi connectivity index (χ2v) is 5.75. The standard InChI is InChI=1S/C16H20N2O4/c1-11(19)18-7-3-4-13(18)16(20)17(2)9-12-5-6-14-15(8-12)22-10-21-14/h5-6,8,13H,3-4,7,9-10H2,1-2H3. The van der Waals surface area contributed by atoms with E-state index in [1.807, 2.05) is 18.2 Å². The molecular formula is C16H20N2O4. The minimum absolute atomic E-state index is 0.00892. The Kier molecular flexibility index (Phi) is 3.92. The van der Waals surface area contributed by atoms with Crippen molar-refractivity contribution < 1.29 is 19.1 Å². The lowest BCUT2D eigenvalue weighted by molar-refractivity contribution is -0.142. The van der Waals surface area contributed by atoms with Crippen LogP contribution >= 0.6 is 0 Å². The summed E-state index contributed by atoms with van der Waals surface area (Å²) in [4.78, 5) is 27.5. The van der Waals surface area contributed by atoms with Gasteiger partial charge in [-0.2, -0.15) is 0 Å². The van der Waals surface area contributed by atoms with Crippen LogP contribution in [0.2, 0.25) is 0 Å².